The van der Waals surface area contributed by atoms with Crippen molar-refractivity contribution in [3.63, 3.8) is 0 Å². The van der Waals surface area contributed by atoms with Gasteiger partial charge in [-0.2, -0.15) is 0 Å². The molecule has 0 radical (unpaired) electrons. The van der Waals surface area contributed by atoms with Gasteiger partial charge in [-0.25, -0.2) is 0 Å². The maximum absolute atomic E-state index is 9.75. The number of benzene rings is 2. The number of nitrogens with zero attached hydrogens (tertiary/aromatic N) is 1. The van der Waals surface area contributed by atoms with E-state index in [2.05, 4.69) is 10.9 Å². The summed E-state index contributed by atoms with van der Waals surface area (Å²) in [5.41, 5.74) is 2.50. The smallest absolute Gasteiger partial charge is 0.124 e. The third-order valence-corrected chi connectivity index (χ3v) is 2.91. The molecule has 2 aromatic rings. The van der Waals surface area contributed by atoms with Gasteiger partial charge in [-0.1, -0.05) is 36.3 Å². The van der Waals surface area contributed by atoms with Crippen LogP contribution in [0.4, 0.5) is 0 Å². The molecule has 0 amide bonds. The van der Waals surface area contributed by atoms with Crippen LogP contribution in [0.5, 0.6) is 5.75 Å². The molecule has 1 atom stereocenters. The molecule has 1 N–H and O–H groups in total. The van der Waals surface area contributed by atoms with Gasteiger partial charge < -0.3 is 5.11 Å². The highest BCUT2D eigenvalue weighted by Gasteiger charge is 2.03. The summed E-state index contributed by atoms with van der Waals surface area (Å²) in [6.45, 7) is 2.01. The number of phenols is 1. The van der Waals surface area contributed by atoms with Crippen molar-refractivity contribution in [2.24, 2.45) is 4.99 Å². The third-order valence-electron chi connectivity index (χ3n) is 2.91. The van der Waals surface area contributed by atoms with E-state index in [1.165, 1.54) is 0 Å². The van der Waals surface area contributed by atoms with Crippen molar-refractivity contribution < 1.29 is 5.11 Å². The standard InChI is InChI=1S/C17H15NO/c1-3-14-9-10-17(19)16(11-14)12-18-13(2)15-7-5-4-6-8-15/h1,4-13,19H,2H3/t13-/m0/s1. The summed E-state index contributed by atoms with van der Waals surface area (Å²) in [5.74, 6) is 2.72. The summed E-state index contributed by atoms with van der Waals surface area (Å²) in [4.78, 5) is 4.45. The van der Waals surface area contributed by atoms with E-state index >= 15 is 0 Å². The molecule has 0 fully saturated rings. The average Bonchev–Trinajstić information content (AvgIpc) is 2.47. The molecular weight excluding hydrogens is 234 g/mol. The summed E-state index contributed by atoms with van der Waals surface area (Å²) in [6, 6.07) is 15.1. The summed E-state index contributed by atoms with van der Waals surface area (Å²) >= 11 is 0. The molecule has 94 valence electrons. The van der Waals surface area contributed by atoms with Crippen molar-refractivity contribution in [1.82, 2.24) is 0 Å². The molecule has 0 saturated heterocycles. The molecule has 0 bridgehead atoms. The van der Waals surface area contributed by atoms with E-state index in [4.69, 9.17) is 6.42 Å². The van der Waals surface area contributed by atoms with Gasteiger partial charge >= 0.3 is 0 Å². The zero-order valence-electron chi connectivity index (χ0n) is 10.7. The Hall–Kier alpha value is -2.53. The van der Waals surface area contributed by atoms with Crippen LogP contribution in [-0.4, -0.2) is 11.3 Å². The minimum Gasteiger partial charge on any atom is -0.507 e. The second-order valence-corrected chi connectivity index (χ2v) is 4.28. The molecule has 2 rings (SSSR count). The van der Waals surface area contributed by atoms with Gasteiger partial charge in [-0.3, -0.25) is 4.99 Å². The topological polar surface area (TPSA) is 32.6 Å². The highest BCUT2D eigenvalue weighted by atomic mass is 16.3. The number of aromatic hydroxyl groups is 1. The molecular formula is C17H15NO. The van der Waals surface area contributed by atoms with E-state index in [-0.39, 0.29) is 11.8 Å². The van der Waals surface area contributed by atoms with Crippen LogP contribution in [0, 0.1) is 12.3 Å². The lowest BCUT2D eigenvalue weighted by Gasteiger charge is -2.06. The van der Waals surface area contributed by atoms with Gasteiger partial charge in [0, 0.05) is 17.3 Å². The zero-order valence-corrected chi connectivity index (χ0v) is 10.7. The van der Waals surface area contributed by atoms with Crippen molar-refractivity contribution in [3.05, 3.63) is 65.2 Å². The molecule has 19 heavy (non-hydrogen) atoms. The Kier molecular flexibility index (Phi) is 4.00. The van der Waals surface area contributed by atoms with Crippen molar-refractivity contribution >= 4 is 6.21 Å². The molecule has 0 spiro atoms. The molecule has 0 saturated carbocycles. The number of aliphatic imine (C=N–C) groups is 1. The first-order valence-electron chi connectivity index (χ1n) is 6.08. The molecule has 2 nitrogen and oxygen atoms in total. The molecule has 2 aromatic carbocycles. The van der Waals surface area contributed by atoms with Gasteiger partial charge in [0.15, 0.2) is 0 Å². The Labute approximate surface area is 113 Å². The normalized spacial score (nSPS) is 12.2. The van der Waals surface area contributed by atoms with Crippen LogP contribution in [0.1, 0.15) is 29.7 Å². The van der Waals surface area contributed by atoms with E-state index in [0.29, 0.717) is 5.56 Å². The molecule has 0 heterocycles. The summed E-state index contributed by atoms with van der Waals surface area (Å²) in [7, 11) is 0. The van der Waals surface area contributed by atoms with Gasteiger partial charge in [0.1, 0.15) is 5.75 Å². The summed E-state index contributed by atoms with van der Waals surface area (Å²) in [5, 5.41) is 9.75. The van der Waals surface area contributed by atoms with Gasteiger partial charge in [0.25, 0.3) is 0 Å². The molecule has 0 unspecified atom stereocenters. The van der Waals surface area contributed by atoms with E-state index in [1.54, 1.807) is 24.4 Å². The Balaban J connectivity index is 2.21. The first kappa shape index (κ1) is 12.9. The van der Waals surface area contributed by atoms with Crippen molar-refractivity contribution in [1.29, 1.82) is 0 Å². The van der Waals surface area contributed by atoms with Gasteiger partial charge in [-0.15, -0.1) is 6.42 Å². The number of terminal acetylenes is 1. The Morgan fingerprint density at radius 2 is 1.95 bits per heavy atom. The first-order valence-corrected chi connectivity index (χ1v) is 6.08. The number of hydrogen-bond donors (Lipinski definition) is 1. The highest BCUT2D eigenvalue weighted by molar-refractivity contribution is 5.84. The predicted octanol–water partition coefficient (Wildman–Crippen LogP) is 3.55. The van der Waals surface area contributed by atoms with Crippen LogP contribution in [-0.2, 0) is 0 Å². The second kappa shape index (κ2) is 5.88. The number of rotatable bonds is 3. The van der Waals surface area contributed by atoms with Crippen LogP contribution < -0.4 is 0 Å². The van der Waals surface area contributed by atoms with Crippen LogP contribution in [0.3, 0.4) is 0 Å². The minimum atomic E-state index is 0.0371. The minimum absolute atomic E-state index is 0.0371. The maximum Gasteiger partial charge on any atom is 0.124 e. The van der Waals surface area contributed by atoms with Gasteiger partial charge in [-0.05, 0) is 30.7 Å². The summed E-state index contributed by atoms with van der Waals surface area (Å²) in [6.07, 6.45) is 7.00. The quantitative estimate of drug-likeness (QED) is 0.654. The summed E-state index contributed by atoms with van der Waals surface area (Å²) < 4.78 is 0. The fourth-order valence-corrected chi connectivity index (χ4v) is 1.76. The van der Waals surface area contributed by atoms with Crippen LogP contribution in [0.25, 0.3) is 0 Å². The average molecular weight is 249 g/mol. The monoisotopic (exact) mass is 249 g/mol. The fraction of sp³-hybridized carbons (Fsp3) is 0.118. The Bertz CT molecular complexity index is 623. The fourth-order valence-electron chi connectivity index (χ4n) is 1.76. The lowest BCUT2D eigenvalue weighted by molar-refractivity contribution is 0.474. The largest absolute Gasteiger partial charge is 0.507 e. The molecule has 2 heteroatoms. The van der Waals surface area contributed by atoms with E-state index in [9.17, 15) is 5.11 Å². The maximum atomic E-state index is 9.75. The van der Waals surface area contributed by atoms with Gasteiger partial charge in [0.05, 0.1) is 6.04 Å². The second-order valence-electron chi connectivity index (χ2n) is 4.28. The molecule has 0 aliphatic heterocycles. The van der Waals surface area contributed by atoms with E-state index in [1.807, 2.05) is 37.3 Å². The van der Waals surface area contributed by atoms with Gasteiger partial charge in [0.2, 0.25) is 0 Å². The van der Waals surface area contributed by atoms with Crippen molar-refractivity contribution in [2.75, 3.05) is 0 Å². The first-order chi connectivity index (χ1) is 9.20. The molecule has 0 aliphatic carbocycles. The lowest BCUT2D eigenvalue weighted by Crippen LogP contribution is -1.91. The number of phenolic OH excluding ortho intramolecular Hbond substituents is 1. The molecule has 0 aromatic heterocycles. The van der Waals surface area contributed by atoms with E-state index in [0.717, 1.165) is 11.1 Å². The molecule has 0 aliphatic rings. The zero-order chi connectivity index (χ0) is 13.7. The van der Waals surface area contributed by atoms with Crippen molar-refractivity contribution in [2.45, 2.75) is 13.0 Å². The lowest BCUT2D eigenvalue weighted by atomic mass is 10.1. The Morgan fingerprint density at radius 1 is 1.21 bits per heavy atom. The van der Waals surface area contributed by atoms with Crippen molar-refractivity contribution in [3.8, 4) is 18.1 Å². The van der Waals surface area contributed by atoms with Crippen LogP contribution in [0.2, 0.25) is 0 Å². The predicted molar refractivity (Wildman–Crippen MR) is 78.5 cm³/mol. The van der Waals surface area contributed by atoms with Crippen LogP contribution in [0.15, 0.2) is 53.5 Å². The SMILES string of the molecule is C#Cc1ccc(O)c(C=N[C@@H](C)c2ccccc2)c1. The number of hydrogen-bond acceptors (Lipinski definition) is 2. The van der Waals surface area contributed by atoms with E-state index < -0.39 is 0 Å². The van der Waals surface area contributed by atoms with Crippen LogP contribution >= 0.6 is 0 Å². The third kappa shape index (κ3) is 3.23. The highest BCUT2D eigenvalue weighted by Crippen LogP contribution is 2.19. The Morgan fingerprint density at radius 3 is 2.63 bits per heavy atom.